The Morgan fingerprint density at radius 1 is 1.75 bits per heavy atom. The van der Waals surface area contributed by atoms with Gasteiger partial charge in [0.2, 0.25) is 0 Å². The van der Waals surface area contributed by atoms with Crippen LogP contribution in [-0.4, -0.2) is 41.8 Å². The summed E-state index contributed by atoms with van der Waals surface area (Å²) in [7, 11) is 0. The van der Waals surface area contributed by atoms with Crippen LogP contribution in [0.2, 0.25) is 0 Å². The van der Waals surface area contributed by atoms with Crippen molar-refractivity contribution in [1.29, 1.82) is 0 Å². The van der Waals surface area contributed by atoms with Gasteiger partial charge in [-0.2, -0.15) is 0 Å². The van der Waals surface area contributed by atoms with Gasteiger partial charge in [0.1, 0.15) is 0 Å². The number of amides is 1. The number of carbonyl (C=O) groups is 1. The second kappa shape index (κ2) is 5.22. The minimum atomic E-state index is -0.801. The van der Waals surface area contributed by atoms with Crippen molar-refractivity contribution < 1.29 is 9.90 Å². The zero-order valence-electron chi connectivity index (χ0n) is 7.12. The largest absolute Gasteiger partial charge is 0.465 e. The molecule has 0 bridgehead atoms. The third-order valence-corrected chi connectivity index (χ3v) is 2.02. The molecule has 72 valence electrons. The molecule has 0 aromatic rings. The van der Waals surface area contributed by atoms with E-state index in [9.17, 15) is 4.79 Å². The second-order valence-electron chi connectivity index (χ2n) is 2.79. The summed E-state index contributed by atoms with van der Waals surface area (Å²) in [5, 5.41) is 11.9. The average Bonchev–Trinajstić information content (AvgIpc) is 2.05. The Bertz CT molecular complexity index is 154. The van der Waals surface area contributed by atoms with E-state index in [4.69, 9.17) is 5.11 Å². The summed E-state index contributed by atoms with van der Waals surface area (Å²) in [5.41, 5.74) is 0. The fourth-order valence-corrected chi connectivity index (χ4v) is 1.27. The van der Waals surface area contributed by atoms with Crippen LogP contribution in [0.15, 0.2) is 0 Å². The van der Waals surface area contributed by atoms with Gasteiger partial charge in [-0.05, 0) is 6.42 Å². The van der Waals surface area contributed by atoms with Crippen molar-refractivity contribution in [3.63, 3.8) is 0 Å². The third kappa shape index (κ3) is 2.87. The molecule has 1 amide bonds. The highest BCUT2D eigenvalue weighted by Gasteiger charge is 2.20. The van der Waals surface area contributed by atoms with Crippen LogP contribution in [0.1, 0.15) is 13.3 Å². The Morgan fingerprint density at radius 2 is 2.42 bits per heavy atom. The molecular formula is C7H15ClN2O2. The molecule has 0 aromatic heterocycles. The average molecular weight is 195 g/mol. The number of rotatable bonds is 1. The SMILES string of the molecule is CC[C@H]1CN(C(=O)O)CCN1.Cl. The number of nitrogens with zero attached hydrogens (tertiary/aromatic N) is 1. The highest BCUT2D eigenvalue weighted by Crippen LogP contribution is 2.01. The van der Waals surface area contributed by atoms with Crippen molar-refractivity contribution in [3.05, 3.63) is 0 Å². The summed E-state index contributed by atoms with van der Waals surface area (Å²) >= 11 is 0. The van der Waals surface area contributed by atoms with Gasteiger partial charge in [-0.15, -0.1) is 12.4 Å². The molecule has 1 aliphatic rings. The Morgan fingerprint density at radius 3 is 2.92 bits per heavy atom. The highest BCUT2D eigenvalue weighted by molar-refractivity contribution is 5.85. The van der Waals surface area contributed by atoms with Crippen LogP contribution in [0.25, 0.3) is 0 Å². The maximum Gasteiger partial charge on any atom is 0.407 e. The minimum Gasteiger partial charge on any atom is -0.465 e. The van der Waals surface area contributed by atoms with E-state index in [2.05, 4.69) is 12.2 Å². The molecule has 0 aliphatic carbocycles. The quantitative estimate of drug-likeness (QED) is 0.649. The lowest BCUT2D eigenvalue weighted by Crippen LogP contribution is -2.51. The molecule has 2 N–H and O–H groups in total. The van der Waals surface area contributed by atoms with Gasteiger partial charge in [-0.3, -0.25) is 0 Å². The molecule has 1 fully saturated rings. The van der Waals surface area contributed by atoms with Gasteiger partial charge in [-0.25, -0.2) is 4.79 Å². The van der Waals surface area contributed by atoms with E-state index in [0.717, 1.165) is 13.0 Å². The maximum atomic E-state index is 10.5. The van der Waals surface area contributed by atoms with Gasteiger partial charge in [0.05, 0.1) is 0 Å². The lowest BCUT2D eigenvalue weighted by atomic mass is 10.2. The maximum absolute atomic E-state index is 10.5. The van der Waals surface area contributed by atoms with Crippen LogP contribution in [0.5, 0.6) is 0 Å². The normalized spacial score (nSPS) is 23.1. The van der Waals surface area contributed by atoms with Crippen LogP contribution >= 0.6 is 12.4 Å². The van der Waals surface area contributed by atoms with E-state index in [1.807, 2.05) is 0 Å². The molecular weight excluding hydrogens is 180 g/mol. The summed E-state index contributed by atoms with van der Waals surface area (Å²) in [4.78, 5) is 12.0. The summed E-state index contributed by atoms with van der Waals surface area (Å²) in [6.45, 7) is 4.09. The number of halogens is 1. The number of piperazine rings is 1. The first-order valence-corrected chi connectivity index (χ1v) is 3.95. The summed E-state index contributed by atoms with van der Waals surface area (Å²) in [5.74, 6) is 0. The van der Waals surface area contributed by atoms with Crippen LogP contribution in [0.3, 0.4) is 0 Å². The predicted octanol–water partition coefficient (Wildman–Crippen LogP) is 0.770. The van der Waals surface area contributed by atoms with Crippen molar-refractivity contribution in [2.24, 2.45) is 0 Å². The van der Waals surface area contributed by atoms with Crippen molar-refractivity contribution in [3.8, 4) is 0 Å². The van der Waals surface area contributed by atoms with Gasteiger partial charge in [0, 0.05) is 25.7 Å². The van der Waals surface area contributed by atoms with Crippen molar-refractivity contribution >= 4 is 18.5 Å². The molecule has 0 aromatic carbocycles. The van der Waals surface area contributed by atoms with Crippen LogP contribution in [0.4, 0.5) is 4.79 Å². The molecule has 1 aliphatic heterocycles. The molecule has 0 spiro atoms. The molecule has 0 unspecified atom stereocenters. The monoisotopic (exact) mass is 194 g/mol. The highest BCUT2D eigenvalue weighted by atomic mass is 35.5. The lowest BCUT2D eigenvalue weighted by Gasteiger charge is -2.31. The van der Waals surface area contributed by atoms with Gasteiger partial charge in [-0.1, -0.05) is 6.92 Å². The molecule has 1 saturated heterocycles. The second-order valence-corrected chi connectivity index (χ2v) is 2.79. The molecule has 0 saturated carbocycles. The summed E-state index contributed by atoms with van der Waals surface area (Å²) in [6.07, 6.45) is 0.189. The van der Waals surface area contributed by atoms with E-state index < -0.39 is 6.09 Å². The first-order valence-electron chi connectivity index (χ1n) is 3.95. The molecule has 12 heavy (non-hydrogen) atoms. The van der Waals surface area contributed by atoms with E-state index in [0.29, 0.717) is 19.1 Å². The third-order valence-electron chi connectivity index (χ3n) is 2.02. The topological polar surface area (TPSA) is 52.6 Å². The van der Waals surface area contributed by atoms with E-state index in [1.165, 1.54) is 4.90 Å². The molecule has 0 radical (unpaired) electrons. The van der Waals surface area contributed by atoms with E-state index in [1.54, 1.807) is 0 Å². The summed E-state index contributed by atoms with van der Waals surface area (Å²) < 4.78 is 0. The smallest absolute Gasteiger partial charge is 0.407 e. The van der Waals surface area contributed by atoms with Crippen LogP contribution in [0, 0.1) is 0 Å². The number of nitrogens with one attached hydrogen (secondary N) is 1. The summed E-state index contributed by atoms with van der Waals surface area (Å²) in [6, 6.07) is 0.347. The van der Waals surface area contributed by atoms with Crippen LogP contribution in [-0.2, 0) is 0 Å². The zero-order chi connectivity index (χ0) is 8.27. The fraction of sp³-hybridized carbons (Fsp3) is 0.857. The van der Waals surface area contributed by atoms with E-state index in [-0.39, 0.29) is 12.4 Å². The van der Waals surface area contributed by atoms with Crippen molar-refractivity contribution in [2.75, 3.05) is 19.6 Å². The van der Waals surface area contributed by atoms with Gasteiger partial charge in [0.15, 0.2) is 0 Å². The van der Waals surface area contributed by atoms with Gasteiger partial charge in [0.25, 0.3) is 0 Å². The predicted molar refractivity (Wildman–Crippen MR) is 48.9 cm³/mol. The Balaban J connectivity index is 0.00000121. The first kappa shape index (κ1) is 11.5. The van der Waals surface area contributed by atoms with Gasteiger partial charge < -0.3 is 15.3 Å². The van der Waals surface area contributed by atoms with Gasteiger partial charge >= 0.3 is 6.09 Å². The lowest BCUT2D eigenvalue weighted by molar-refractivity contribution is 0.128. The minimum absolute atomic E-state index is 0. The zero-order valence-corrected chi connectivity index (χ0v) is 7.93. The molecule has 1 heterocycles. The Kier molecular flexibility index (Phi) is 5.01. The Hall–Kier alpha value is -0.480. The van der Waals surface area contributed by atoms with Crippen molar-refractivity contribution in [2.45, 2.75) is 19.4 Å². The van der Waals surface area contributed by atoms with E-state index >= 15 is 0 Å². The molecule has 4 nitrogen and oxygen atoms in total. The van der Waals surface area contributed by atoms with Crippen molar-refractivity contribution in [1.82, 2.24) is 10.2 Å². The number of carboxylic acid groups (broad SMARTS) is 1. The molecule has 5 heteroatoms. The standard InChI is InChI=1S/C7H14N2O2.ClH/c1-2-6-5-9(7(10)11)4-3-8-6;/h6,8H,2-5H2,1H3,(H,10,11);1H/t6-;/m0./s1. The number of hydrogen-bond donors (Lipinski definition) is 2. The first-order chi connectivity index (χ1) is 5.24. The number of hydrogen-bond acceptors (Lipinski definition) is 2. The molecule has 1 atom stereocenters. The van der Waals surface area contributed by atoms with Crippen LogP contribution < -0.4 is 5.32 Å². The Labute approximate surface area is 78.3 Å². The molecule has 1 rings (SSSR count). The fourth-order valence-electron chi connectivity index (χ4n) is 1.27.